The number of halogens is 1. The van der Waals surface area contributed by atoms with E-state index in [2.05, 4.69) is 10.3 Å². The Morgan fingerprint density at radius 3 is 2.88 bits per heavy atom. The summed E-state index contributed by atoms with van der Waals surface area (Å²) in [5.41, 5.74) is -0.0685. The number of hydrogen-bond acceptors (Lipinski definition) is 3. The van der Waals surface area contributed by atoms with Crippen molar-refractivity contribution in [3.63, 3.8) is 0 Å². The van der Waals surface area contributed by atoms with Crippen LogP contribution < -0.4 is 5.32 Å². The molecule has 5 heteroatoms. The monoisotopic (exact) mass is 242 g/mol. The number of aromatic nitrogens is 1. The number of amides is 1. The van der Waals surface area contributed by atoms with Crippen LogP contribution in [0.4, 0.5) is 0 Å². The number of pyridine rings is 1. The standard InChI is InChI=1S/C11H15ClN2O2/c1-11(2,4-6-15)14-10(16)8-3-5-13-7-9(8)12/h3,5,7,15H,4,6H2,1-2H3,(H,14,16). The molecular formula is C11H15ClN2O2. The normalized spacial score (nSPS) is 11.2. The SMILES string of the molecule is CC(C)(CCO)NC(=O)c1ccncc1Cl. The second-order valence-corrected chi connectivity index (χ2v) is 4.57. The summed E-state index contributed by atoms with van der Waals surface area (Å²) in [5.74, 6) is -0.258. The van der Waals surface area contributed by atoms with Crippen molar-refractivity contribution in [2.24, 2.45) is 0 Å². The number of rotatable bonds is 4. The van der Waals surface area contributed by atoms with Crippen molar-refractivity contribution in [1.29, 1.82) is 0 Å². The Morgan fingerprint density at radius 1 is 1.62 bits per heavy atom. The van der Waals surface area contributed by atoms with Crippen LogP contribution in [0.2, 0.25) is 5.02 Å². The van der Waals surface area contributed by atoms with Crippen LogP contribution in [0.1, 0.15) is 30.6 Å². The van der Waals surface area contributed by atoms with Gasteiger partial charge < -0.3 is 10.4 Å². The molecule has 0 aromatic carbocycles. The van der Waals surface area contributed by atoms with Crippen molar-refractivity contribution in [2.75, 3.05) is 6.61 Å². The van der Waals surface area contributed by atoms with Crippen LogP contribution in [-0.2, 0) is 0 Å². The van der Waals surface area contributed by atoms with E-state index in [1.54, 1.807) is 6.07 Å². The molecule has 0 atom stereocenters. The molecule has 1 aromatic heterocycles. The third-order valence-corrected chi connectivity index (χ3v) is 2.51. The maximum absolute atomic E-state index is 11.9. The molecule has 2 N–H and O–H groups in total. The Bertz CT molecular complexity index is 380. The predicted octanol–water partition coefficient (Wildman–Crippen LogP) is 1.63. The van der Waals surface area contributed by atoms with Gasteiger partial charge in [-0.15, -0.1) is 0 Å². The highest BCUT2D eigenvalue weighted by Crippen LogP contribution is 2.15. The average molecular weight is 243 g/mol. The summed E-state index contributed by atoms with van der Waals surface area (Å²) < 4.78 is 0. The number of aliphatic hydroxyl groups is 1. The zero-order valence-electron chi connectivity index (χ0n) is 9.33. The number of nitrogens with one attached hydrogen (secondary N) is 1. The fraction of sp³-hybridized carbons (Fsp3) is 0.455. The lowest BCUT2D eigenvalue weighted by atomic mass is 10.0. The smallest absolute Gasteiger partial charge is 0.253 e. The van der Waals surface area contributed by atoms with Crippen molar-refractivity contribution in [3.8, 4) is 0 Å². The van der Waals surface area contributed by atoms with Gasteiger partial charge in [0.2, 0.25) is 0 Å². The molecule has 4 nitrogen and oxygen atoms in total. The van der Waals surface area contributed by atoms with E-state index in [0.29, 0.717) is 17.0 Å². The Morgan fingerprint density at radius 2 is 2.31 bits per heavy atom. The fourth-order valence-corrected chi connectivity index (χ4v) is 1.48. The molecule has 1 amide bonds. The number of aliphatic hydroxyl groups excluding tert-OH is 1. The van der Waals surface area contributed by atoms with Gasteiger partial charge in [-0.2, -0.15) is 0 Å². The van der Waals surface area contributed by atoms with Crippen LogP contribution in [-0.4, -0.2) is 28.1 Å². The number of nitrogens with zero attached hydrogens (tertiary/aromatic N) is 1. The van der Waals surface area contributed by atoms with Gasteiger partial charge in [0.25, 0.3) is 5.91 Å². The van der Waals surface area contributed by atoms with Gasteiger partial charge in [-0.3, -0.25) is 9.78 Å². The third-order valence-electron chi connectivity index (χ3n) is 2.21. The quantitative estimate of drug-likeness (QED) is 0.844. The number of carbonyl (C=O) groups is 1. The Hall–Kier alpha value is -1.13. The zero-order valence-corrected chi connectivity index (χ0v) is 10.1. The zero-order chi connectivity index (χ0) is 12.2. The van der Waals surface area contributed by atoms with Gasteiger partial charge in [0.05, 0.1) is 10.6 Å². The van der Waals surface area contributed by atoms with Crippen LogP contribution in [0.3, 0.4) is 0 Å². The van der Waals surface area contributed by atoms with Gasteiger partial charge in [-0.05, 0) is 26.3 Å². The Kier molecular flexibility index (Phi) is 4.26. The van der Waals surface area contributed by atoms with Gasteiger partial charge in [-0.25, -0.2) is 0 Å². The predicted molar refractivity (Wildman–Crippen MR) is 62.5 cm³/mol. The summed E-state index contributed by atoms with van der Waals surface area (Å²) in [6, 6.07) is 1.56. The topological polar surface area (TPSA) is 62.2 Å². The highest BCUT2D eigenvalue weighted by molar-refractivity contribution is 6.33. The average Bonchev–Trinajstić information content (AvgIpc) is 2.17. The van der Waals surface area contributed by atoms with Gasteiger partial charge in [0, 0.05) is 24.5 Å². The van der Waals surface area contributed by atoms with E-state index in [0.717, 1.165) is 0 Å². The van der Waals surface area contributed by atoms with Gasteiger partial charge in [-0.1, -0.05) is 11.6 Å². The van der Waals surface area contributed by atoms with Crippen molar-refractivity contribution >= 4 is 17.5 Å². The largest absolute Gasteiger partial charge is 0.396 e. The van der Waals surface area contributed by atoms with Crippen LogP contribution in [0, 0.1) is 0 Å². The number of carbonyl (C=O) groups excluding carboxylic acids is 1. The maximum atomic E-state index is 11.9. The van der Waals surface area contributed by atoms with Gasteiger partial charge >= 0.3 is 0 Å². The van der Waals surface area contributed by atoms with Gasteiger partial charge in [0.1, 0.15) is 0 Å². The van der Waals surface area contributed by atoms with Crippen LogP contribution in [0.15, 0.2) is 18.5 Å². The highest BCUT2D eigenvalue weighted by atomic mass is 35.5. The first-order valence-corrected chi connectivity index (χ1v) is 5.37. The molecule has 88 valence electrons. The van der Waals surface area contributed by atoms with Crippen molar-refractivity contribution in [3.05, 3.63) is 29.0 Å². The molecule has 1 heterocycles. The van der Waals surface area contributed by atoms with E-state index in [1.807, 2.05) is 13.8 Å². The third kappa shape index (κ3) is 3.47. The summed E-state index contributed by atoms with van der Waals surface area (Å²) >= 11 is 5.85. The minimum absolute atomic E-state index is 0.0252. The summed E-state index contributed by atoms with van der Waals surface area (Å²) in [5, 5.41) is 12.0. The van der Waals surface area contributed by atoms with E-state index >= 15 is 0 Å². The molecule has 0 radical (unpaired) electrons. The maximum Gasteiger partial charge on any atom is 0.253 e. The van der Waals surface area contributed by atoms with E-state index in [1.165, 1.54) is 12.4 Å². The summed E-state index contributed by atoms with van der Waals surface area (Å²) in [6.07, 6.45) is 3.43. The van der Waals surface area contributed by atoms with Crippen molar-refractivity contribution in [1.82, 2.24) is 10.3 Å². The van der Waals surface area contributed by atoms with Crippen molar-refractivity contribution in [2.45, 2.75) is 25.8 Å². The highest BCUT2D eigenvalue weighted by Gasteiger charge is 2.21. The molecule has 0 fully saturated rings. The first kappa shape index (κ1) is 12.9. The second-order valence-electron chi connectivity index (χ2n) is 4.17. The lowest BCUT2D eigenvalue weighted by Crippen LogP contribution is -2.44. The van der Waals surface area contributed by atoms with E-state index < -0.39 is 5.54 Å². The molecule has 1 aromatic rings. The molecule has 0 saturated heterocycles. The minimum atomic E-state index is -0.460. The molecule has 0 unspecified atom stereocenters. The molecule has 0 aliphatic heterocycles. The first-order valence-electron chi connectivity index (χ1n) is 4.99. The van der Waals surface area contributed by atoms with E-state index in [-0.39, 0.29) is 12.5 Å². The van der Waals surface area contributed by atoms with Crippen LogP contribution in [0.5, 0.6) is 0 Å². The number of hydrogen-bond donors (Lipinski definition) is 2. The molecule has 0 aliphatic rings. The summed E-state index contributed by atoms with van der Waals surface area (Å²) in [6.45, 7) is 3.71. The van der Waals surface area contributed by atoms with Gasteiger partial charge in [0.15, 0.2) is 0 Å². The van der Waals surface area contributed by atoms with Crippen molar-refractivity contribution < 1.29 is 9.90 Å². The Balaban J connectivity index is 2.77. The summed E-state index contributed by atoms with van der Waals surface area (Å²) in [7, 11) is 0. The van der Waals surface area contributed by atoms with E-state index in [4.69, 9.17) is 16.7 Å². The first-order chi connectivity index (χ1) is 7.46. The lowest BCUT2D eigenvalue weighted by Gasteiger charge is -2.25. The van der Waals surface area contributed by atoms with Crippen LogP contribution in [0.25, 0.3) is 0 Å². The molecule has 0 bridgehead atoms. The Labute approximate surface area is 99.6 Å². The van der Waals surface area contributed by atoms with E-state index in [9.17, 15) is 4.79 Å². The molecule has 0 aliphatic carbocycles. The lowest BCUT2D eigenvalue weighted by molar-refractivity contribution is 0.0899. The molecular weight excluding hydrogens is 228 g/mol. The minimum Gasteiger partial charge on any atom is -0.396 e. The fourth-order valence-electron chi connectivity index (χ4n) is 1.28. The molecule has 16 heavy (non-hydrogen) atoms. The second kappa shape index (κ2) is 5.27. The summed E-state index contributed by atoms with van der Waals surface area (Å²) in [4.78, 5) is 15.7. The molecule has 0 spiro atoms. The van der Waals surface area contributed by atoms with Crippen LogP contribution >= 0.6 is 11.6 Å². The molecule has 0 saturated carbocycles. The molecule has 1 rings (SSSR count).